The monoisotopic (exact) mass is 585 g/mol. The molecule has 37 heavy (non-hydrogen) atoms. The van der Waals surface area contributed by atoms with Gasteiger partial charge in [0.15, 0.2) is 0 Å². The molecule has 1 aliphatic heterocycles. The smallest absolute Gasteiger partial charge is 0.314 e. The third kappa shape index (κ3) is 7.14. The van der Waals surface area contributed by atoms with Crippen LogP contribution in [0.15, 0.2) is 30.5 Å². The number of rotatable bonds is 8. The quantitative estimate of drug-likeness (QED) is 0.340. The van der Waals surface area contributed by atoms with Gasteiger partial charge < -0.3 is 21.3 Å². The number of nitrogens with zero attached hydrogens (tertiary/aromatic N) is 4. The van der Waals surface area contributed by atoms with Crippen LogP contribution < -0.4 is 16.4 Å². The van der Waals surface area contributed by atoms with Gasteiger partial charge in [-0.1, -0.05) is 17.7 Å². The van der Waals surface area contributed by atoms with Crippen LogP contribution in [-0.2, 0) is 0 Å². The van der Waals surface area contributed by atoms with Crippen molar-refractivity contribution in [3.8, 4) is 10.6 Å². The van der Waals surface area contributed by atoms with Crippen LogP contribution in [0.3, 0.4) is 0 Å². The maximum atomic E-state index is 12.7. The SMILES string of the molecule is Cl.Cl.NC(=O)N1CCN(CCCNc2ncc(Cl)c(-c3cc4c(C(=O)NC5CC5)cccc4s3)n2)CC1. The number of halogens is 3. The normalized spacial score (nSPS) is 15.5. The predicted octanol–water partition coefficient (Wildman–Crippen LogP) is 4.25. The van der Waals surface area contributed by atoms with Gasteiger partial charge in [-0.15, -0.1) is 36.2 Å². The average molecular weight is 587 g/mol. The van der Waals surface area contributed by atoms with Gasteiger partial charge in [-0.05, 0) is 44.0 Å². The fourth-order valence-corrected chi connectivity index (χ4v) is 5.53. The van der Waals surface area contributed by atoms with Crippen LogP contribution in [0.2, 0.25) is 5.02 Å². The maximum absolute atomic E-state index is 12.7. The van der Waals surface area contributed by atoms with E-state index in [1.807, 2.05) is 24.3 Å². The summed E-state index contributed by atoms with van der Waals surface area (Å²) < 4.78 is 1.02. The van der Waals surface area contributed by atoms with Gasteiger partial charge in [0.05, 0.1) is 16.1 Å². The number of hydrogen-bond acceptors (Lipinski definition) is 7. The first-order valence-corrected chi connectivity index (χ1v) is 13.0. The van der Waals surface area contributed by atoms with Gasteiger partial charge in [-0.25, -0.2) is 14.8 Å². The Hall–Kier alpha value is -2.37. The molecule has 13 heteroatoms. The molecule has 1 saturated carbocycles. The van der Waals surface area contributed by atoms with Crippen LogP contribution in [0.25, 0.3) is 20.7 Å². The van der Waals surface area contributed by atoms with Gasteiger partial charge in [0, 0.05) is 54.4 Å². The van der Waals surface area contributed by atoms with E-state index in [1.165, 1.54) is 0 Å². The first-order chi connectivity index (χ1) is 17.0. The van der Waals surface area contributed by atoms with E-state index in [4.69, 9.17) is 17.3 Å². The number of amides is 3. The van der Waals surface area contributed by atoms with Crippen molar-refractivity contribution >= 4 is 75.7 Å². The highest BCUT2D eigenvalue weighted by Crippen LogP contribution is 2.37. The molecule has 9 nitrogen and oxygen atoms in total. The lowest BCUT2D eigenvalue weighted by Gasteiger charge is -2.33. The number of carbonyl (C=O) groups is 2. The van der Waals surface area contributed by atoms with E-state index >= 15 is 0 Å². The van der Waals surface area contributed by atoms with Crippen molar-refractivity contribution in [3.63, 3.8) is 0 Å². The fourth-order valence-electron chi connectivity index (χ4n) is 4.19. The van der Waals surface area contributed by atoms with Gasteiger partial charge in [0.1, 0.15) is 5.69 Å². The largest absolute Gasteiger partial charge is 0.354 e. The molecule has 2 aromatic heterocycles. The molecule has 0 spiro atoms. The number of urea groups is 1. The van der Waals surface area contributed by atoms with E-state index in [2.05, 4.69) is 25.5 Å². The molecule has 0 atom stereocenters. The second-order valence-corrected chi connectivity index (χ2v) is 10.4. The zero-order chi connectivity index (χ0) is 24.4. The van der Waals surface area contributed by atoms with Crippen LogP contribution in [0.4, 0.5) is 10.7 Å². The number of hydrogen-bond donors (Lipinski definition) is 3. The Labute approximate surface area is 237 Å². The number of carbonyl (C=O) groups excluding carboxylic acids is 2. The topological polar surface area (TPSA) is 116 Å². The highest BCUT2D eigenvalue weighted by Gasteiger charge is 2.25. The molecule has 0 radical (unpaired) electrons. The number of nitrogens with two attached hydrogens (primary N) is 1. The molecule has 3 aromatic rings. The minimum atomic E-state index is -0.349. The summed E-state index contributed by atoms with van der Waals surface area (Å²) >= 11 is 8.03. The van der Waals surface area contributed by atoms with Crippen molar-refractivity contribution < 1.29 is 9.59 Å². The Morgan fingerprint density at radius 2 is 1.92 bits per heavy atom. The van der Waals surface area contributed by atoms with E-state index < -0.39 is 0 Å². The Kier molecular flexibility index (Phi) is 10.2. The van der Waals surface area contributed by atoms with Gasteiger partial charge in [-0.2, -0.15) is 0 Å². The van der Waals surface area contributed by atoms with Gasteiger partial charge in [0.2, 0.25) is 5.95 Å². The number of aromatic nitrogens is 2. The molecule has 1 saturated heterocycles. The molecule has 3 amide bonds. The molecule has 5 rings (SSSR count). The third-order valence-corrected chi connectivity index (χ3v) is 7.70. The van der Waals surface area contributed by atoms with Crippen molar-refractivity contribution in [2.24, 2.45) is 5.73 Å². The second kappa shape index (κ2) is 12.9. The lowest BCUT2D eigenvalue weighted by Crippen LogP contribution is -2.50. The molecule has 4 N–H and O–H groups in total. The number of piperazine rings is 1. The van der Waals surface area contributed by atoms with Crippen LogP contribution in [-0.4, -0.2) is 77.0 Å². The van der Waals surface area contributed by atoms with Crippen molar-refractivity contribution in [2.75, 3.05) is 44.6 Å². The summed E-state index contributed by atoms with van der Waals surface area (Å²) in [7, 11) is 0. The highest BCUT2D eigenvalue weighted by molar-refractivity contribution is 7.22. The molecule has 2 fully saturated rings. The first kappa shape index (κ1) is 29.2. The number of fused-ring (bicyclic) bond motifs is 1. The van der Waals surface area contributed by atoms with Gasteiger partial charge in [-0.3, -0.25) is 9.69 Å². The molecular weight excluding hydrogens is 557 g/mol. The summed E-state index contributed by atoms with van der Waals surface area (Å²) in [5.74, 6) is 0.488. The Morgan fingerprint density at radius 3 is 2.62 bits per heavy atom. The summed E-state index contributed by atoms with van der Waals surface area (Å²) in [4.78, 5) is 37.8. The van der Waals surface area contributed by atoms with Crippen molar-refractivity contribution in [1.29, 1.82) is 0 Å². The van der Waals surface area contributed by atoms with Gasteiger partial charge >= 0.3 is 6.03 Å². The lowest BCUT2D eigenvalue weighted by molar-refractivity contribution is 0.0952. The summed E-state index contributed by atoms with van der Waals surface area (Å²) in [6, 6.07) is 7.73. The van der Waals surface area contributed by atoms with Crippen molar-refractivity contribution in [1.82, 2.24) is 25.1 Å². The van der Waals surface area contributed by atoms with Crippen LogP contribution in [0.5, 0.6) is 0 Å². The fraction of sp³-hybridized carbons (Fsp3) is 0.417. The second-order valence-electron chi connectivity index (χ2n) is 8.91. The maximum Gasteiger partial charge on any atom is 0.314 e. The predicted molar refractivity (Wildman–Crippen MR) is 154 cm³/mol. The minimum Gasteiger partial charge on any atom is -0.354 e. The minimum absolute atomic E-state index is 0. The third-order valence-electron chi connectivity index (χ3n) is 6.31. The molecule has 200 valence electrons. The molecule has 1 aromatic carbocycles. The Bertz CT molecular complexity index is 1250. The Morgan fingerprint density at radius 1 is 1.16 bits per heavy atom. The number of anilines is 1. The molecule has 0 bridgehead atoms. The summed E-state index contributed by atoms with van der Waals surface area (Å²) in [5.41, 5.74) is 6.68. The molecule has 0 unspecified atom stereocenters. The first-order valence-electron chi connectivity index (χ1n) is 11.8. The van der Waals surface area contributed by atoms with E-state index in [0.29, 0.717) is 41.4 Å². The number of thiophene rings is 1. The van der Waals surface area contributed by atoms with Crippen LogP contribution >= 0.6 is 47.8 Å². The number of primary amides is 1. The average Bonchev–Trinajstić information content (AvgIpc) is 3.56. The van der Waals surface area contributed by atoms with E-state index in [1.54, 1.807) is 22.4 Å². The zero-order valence-electron chi connectivity index (χ0n) is 20.1. The standard InChI is InChI=1S/C24H28ClN7O2S.2ClH/c25-18-14-28-24(27-7-2-8-31-9-11-32(12-10-31)23(26)34)30-21(18)20-13-17-16(3-1-4-19(17)35-20)22(33)29-15-5-6-15;;/h1,3-4,13-15H,2,5-12H2,(H2,26,34)(H,29,33)(H,27,28,30);2*1H. The molecule has 2 aliphatic rings. The zero-order valence-corrected chi connectivity index (χ0v) is 23.3. The van der Waals surface area contributed by atoms with Crippen molar-refractivity contribution in [2.45, 2.75) is 25.3 Å². The molecule has 1 aliphatic carbocycles. The van der Waals surface area contributed by atoms with Crippen molar-refractivity contribution in [3.05, 3.63) is 41.0 Å². The molecule has 3 heterocycles. The van der Waals surface area contributed by atoms with Crippen LogP contribution in [0, 0.1) is 0 Å². The summed E-state index contributed by atoms with van der Waals surface area (Å²) in [6.45, 7) is 4.64. The van der Waals surface area contributed by atoms with E-state index in [-0.39, 0.29) is 36.8 Å². The van der Waals surface area contributed by atoms with Crippen LogP contribution in [0.1, 0.15) is 29.6 Å². The molecular formula is C24H30Cl3N7O2S. The summed E-state index contributed by atoms with van der Waals surface area (Å²) in [5, 5.41) is 7.74. The highest BCUT2D eigenvalue weighted by atomic mass is 35.5. The van der Waals surface area contributed by atoms with E-state index in [9.17, 15) is 9.59 Å². The van der Waals surface area contributed by atoms with Gasteiger partial charge in [0.25, 0.3) is 5.91 Å². The lowest BCUT2D eigenvalue weighted by atomic mass is 10.1. The van der Waals surface area contributed by atoms with E-state index in [0.717, 1.165) is 60.4 Å². The Balaban J connectivity index is 0.00000190. The number of benzene rings is 1. The number of nitrogens with one attached hydrogen (secondary N) is 2. The summed E-state index contributed by atoms with van der Waals surface area (Å²) in [6.07, 6.45) is 4.63.